The number of nitro groups is 2. The number of ketones is 5. The number of imide groups is 6. The number of carbonyl (C=O) groups excluding carboxylic acids is 18. The number of hydrogen-bond donors (Lipinski definition) is 7. The Kier molecular flexibility index (Phi) is 30.0. The van der Waals surface area contributed by atoms with E-state index < -0.39 is 110 Å². The van der Waals surface area contributed by atoms with Gasteiger partial charge in [-0.15, -0.1) is 0 Å². The third kappa shape index (κ3) is 21.3. The van der Waals surface area contributed by atoms with Crippen molar-refractivity contribution in [2.24, 2.45) is 0 Å². The maximum atomic E-state index is 13.7. The first-order valence-electron chi connectivity index (χ1n) is 42.2. The van der Waals surface area contributed by atoms with E-state index in [-0.39, 0.29) is 184 Å². The molecule has 37 nitrogen and oxygen atoms in total. The van der Waals surface area contributed by atoms with Crippen LogP contribution in [0.5, 0.6) is 0 Å². The molecule has 6 heterocycles. The molecule has 0 fully saturated rings. The monoisotopic (exact) mass is 2130 g/mol. The van der Waals surface area contributed by atoms with Crippen molar-refractivity contribution in [3.8, 4) is 0 Å². The molecule has 6 aliphatic heterocycles. The van der Waals surface area contributed by atoms with Gasteiger partial charge in [0.05, 0.1) is 82.2 Å². The van der Waals surface area contributed by atoms with E-state index in [1.807, 2.05) is 12.1 Å². The number of fused-ring (bicyclic) bond motifs is 6. The largest absolute Gasteiger partial charge is 0.398 e. The molecule has 143 heavy (non-hydrogen) atoms. The van der Waals surface area contributed by atoms with Crippen molar-refractivity contribution in [3.63, 3.8) is 0 Å². The Balaban J connectivity index is 0.000000144. The number of nitrogens with one attached hydrogen (secondary N) is 1. The molecule has 0 radical (unpaired) electrons. The van der Waals surface area contributed by atoms with Crippen LogP contribution in [0.3, 0.4) is 0 Å². The summed E-state index contributed by atoms with van der Waals surface area (Å²) < 4.78 is 29.8. The average Bonchev–Trinajstić information content (AvgIpc) is 1.65. The molecule has 0 aliphatic carbocycles. The van der Waals surface area contributed by atoms with Crippen molar-refractivity contribution in [1.29, 1.82) is 0 Å². The minimum Gasteiger partial charge on any atom is -0.398 e. The molecule has 13 amide bonds. The number of Topliss-reactive ketones (excluding diaryl/α,β-unsaturated/α-hetero) is 5. The van der Waals surface area contributed by atoms with Crippen molar-refractivity contribution in [2.75, 3.05) is 82.0 Å². The number of carbonyl (C=O) groups is 18. The summed E-state index contributed by atoms with van der Waals surface area (Å²) in [7, 11) is 8.27. The molecule has 0 unspecified atom stereocenters. The lowest BCUT2D eigenvalue weighted by Crippen LogP contribution is -2.24. The van der Waals surface area contributed by atoms with Gasteiger partial charge >= 0.3 is 0 Å². The number of halogens is 5. The number of hydrogen-bond acceptors (Lipinski definition) is 28. The zero-order valence-electron chi connectivity index (χ0n) is 75.7. The highest BCUT2D eigenvalue weighted by Gasteiger charge is 2.42. The number of benzene rings is 12. The van der Waals surface area contributed by atoms with E-state index in [0.717, 1.165) is 56.5 Å². The Morgan fingerprint density at radius 1 is 0.301 bits per heavy atom. The lowest BCUT2D eigenvalue weighted by Gasteiger charge is -2.08. The summed E-state index contributed by atoms with van der Waals surface area (Å²) in [5, 5.41) is 24.0. The first kappa shape index (κ1) is 103. The van der Waals surface area contributed by atoms with E-state index in [9.17, 15) is 115 Å². The number of nitrogens with zero attached hydrogens (tertiary/aromatic N) is 8. The highest BCUT2D eigenvalue weighted by Crippen LogP contribution is 2.38. The fraction of sp³-hybridized carbons (Fsp3) is 0.109. The maximum absolute atomic E-state index is 13.7. The quantitative estimate of drug-likeness (QED) is 0.0130. The molecule has 0 saturated heterocycles. The Morgan fingerprint density at radius 2 is 0.601 bits per heavy atom. The summed E-state index contributed by atoms with van der Waals surface area (Å²) >= 11 is 10.00. The molecule has 6 aliphatic rings. The van der Waals surface area contributed by atoms with Crippen LogP contribution in [-0.2, 0) is 32.1 Å². The Morgan fingerprint density at radius 3 is 0.951 bits per heavy atom. The van der Waals surface area contributed by atoms with Crippen molar-refractivity contribution in [2.45, 2.75) is 32.1 Å². The summed E-state index contributed by atoms with van der Waals surface area (Å²) in [6, 6.07) is 52.7. The van der Waals surface area contributed by atoms with Crippen LogP contribution in [0.4, 0.5) is 60.0 Å². The van der Waals surface area contributed by atoms with Crippen LogP contribution in [0.1, 0.15) is 214 Å². The van der Waals surface area contributed by atoms with Gasteiger partial charge in [0.25, 0.3) is 88.2 Å². The van der Waals surface area contributed by atoms with Gasteiger partial charge in [-0.25, -0.2) is 8.78 Å². The first-order valence-corrected chi connectivity index (χ1v) is 44.6. The number of non-ortho nitro benzene ring substituents is 2. The SMILES string of the molecule is CN1C(=O)c2cc(CC(=O)c3c(F)cccc3F)cc(N)c2C1=O.CN1C(=O)c2cc(CC(=O)c3ccc(Br)cc3)cc(N)c2C1=O.CN1C(=O)c2cc(CC(=O)c3cccc(Br)c3)cc(N)c2C1=O.CN1C(=O)c2cc(CC(=O)c3cccc([N+](=O)[O-])c3)cc(N)c2C1=O.CN1C(=O)c2cc(CC(=O)c3ccccc3Br)cc(N)c2C1=O.CN1C(=O)c2cc(NC(=O)c3ccc([N+](=O)[O-])cc3)cc(N)c2C1=O. The highest BCUT2D eigenvalue weighted by molar-refractivity contribution is 9.11. The van der Waals surface area contributed by atoms with Gasteiger partial charge in [-0.05, 0) is 155 Å². The minimum atomic E-state index is -0.958. The van der Waals surface area contributed by atoms with Gasteiger partial charge in [0.1, 0.15) is 11.6 Å². The summed E-state index contributed by atoms with van der Waals surface area (Å²) in [5.74, 6) is -9.27. The second-order valence-corrected chi connectivity index (χ2v) is 35.4. The molecule has 0 spiro atoms. The third-order valence-corrected chi connectivity index (χ3v) is 24.9. The van der Waals surface area contributed by atoms with Crippen LogP contribution in [0, 0.1) is 31.9 Å². The van der Waals surface area contributed by atoms with Crippen LogP contribution in [-0.4, -0.2) is 187 Å². The molecule has 0 atom stereocenters. The summed E-state index contributed by atoms with van der Waals surface area (Å²) in [4.78, 5) is 244. The number of anilines is 7. The predicted octanol–water partition coefficient (Wildman–Crippen LogP) is 13.7. The molecule has 12 aromatic carbocycles. The minimum absolute atomic E-state index is 0.0482. The van der Waals surface area contributed by atoms with Crippen molar-refractivity contribution >= 4 is 205 Å². The van der Waals surface area contributed by atoms with Gasteiger partial charge in [0.15, 0.2) is 28.9 Å². The van der Waals surface area contributed by atoms with E-state index in [0.29, 0.717) is 49.0 Å². The van der Waals surface area contributed by atoms with E-state index >= 15 is 0 Å². The highest BCUT2D eigenvalue weighted by atomic mass is 79.9. The number of nitrogens with two attached hydrogens (primary N) is 6. The lowest BCUT2D eigenvalue weighted by atomic mass is 9.97. The van der Waals surface area contributed by atoms with Gasteiger partial charge in [0.2, 0.25) is 0 Å². The van der Waals surface area contributed by atoms with Crippen LogP contribution >= 0.6 is 47.8 Å². The molecule has 13 N–H and O–H groups in total. The molecule has 12 aromatic rings. The van der Waals surface area contributed by atoms with Gasteiger partial charge in [-0.3, -0.25) is 136 Å². The second kappa shape index (κ2) is 41.9. The van der Waals surface area contributed by atoms with Gasteiger partial charge < -0.3 is 39.7 Å². The third-order valence-electron chi connectivity index (χ3n) is 23.2. The van der Waals surface area contributed by atoms with Gasteiger partial charge in [-0.1, -0.05) is 108 Å². The summed E-state index contributed by atoms with van der Waals surface area (Å²) in [6.45, 7) is 0. The Bertz CT molecular complexity index is 7650. The second-order valence-electron chi connectivity index (χ2n) is 32.7. The zero-order valence-corrected chi connectivity index (χ0v) is 80.4. The van der Waals surface area contributed by atoms with Crippen LogP contribution in [0.2, 0.25) is 0 Å². The summed E-state index contributed by atoms with van der Waals surface area (Å²) in [6.07, 6.45) is -0.112. The van der Waals surface area contributed by atoms with Crippen LogP contribution in [0.15, 0.2) is 226 Å². The van der Waals surface area contributed by atoms with Crippen molar-refractivity contribution < 1.29 is 105 Å². The Hall–Kier alpha value is -17.8. The molecule has 18 rings (SSSR count). The van der Waals surface area contributed by atoms with E-state index in [2.05, 4.69) is 53.1 Å². The number of nitrogen functional groups attached to an aromatic ring is 6. The van der Waals surface area contributed by atoms with Crippen molar-refractivity contribution in [3.05, 3.63) is 386 Å². The Labute approximate surface area is 833 Å². The fourth-order valence-electron chi connectivity index (χ4n) is 15.9. The van der Waals surface area contributed by atoms with Gasteiger partial charge in [-0.2, -0.15) is 0 Å². The summed E-state index contributed by atoms with van der Waals surface area (Å²) in [5.41, 5.74) is 42.3. The molecule has 0 bridgehead atoms. The average molecular weight is 2130 g/mol. The first-order chi connectivity index (χ1) is 67.5. The topological polar surface area (TPSA) is 581 Å². The normalized spacial score (nSPS) is 13.3. The maximum Gasteiger partial charge on any atom is 0.270 e. The number of amides is 13. The fourth-order valence-corrected chi connectivity index (χ4v) is 17.0. The molecule has 0 saturated carbocycles. The zero-order chi connectivity index (χ0) is 104. The molecule has 722 valence electrons. The predicted molar refractivity (Wildman–Crippen MR) is 527 cm³/mol. The molecule has 0 aromatic heterocycles. The molecular formula is C101H76Br3F2N15O22. The van der Waals surface area contributed by atoms with Crippen LogP contribution < -0.4 is 39.7 Å². The molecule has 42 heteroatoms. The standard InChI is InChI=1S/3C17H13BrN2O3.C17H12F2N2O3.C17H13N3O5.C16H12N4O5/c1-20-16(22)12-6-9(7-13(19)15(12)17(20)23)8-14(21)10-2-4-11(18)5-3-10;1-20-16(22)12-5-9(6-13(19)15(12)17(20)23)7-14(21)10-3-2-4-11(18)8-10;1-20-16(22)11-6-9(7-13(19)15(11)17(20)23)8-14(21)10-4-2-3-5-12(10)18;1-21-16(23)9-5-8(6-12(20)14(9)17(21)24)7-13(22)15-10(18)3-2-4-11(15)19;1-19-16(22)12-5-9(6-13(18)15(12)17(19)23)7-14(21)10-3-2-4-11(8-10)20(24)25;1-19-15(22)11-6-9(7-12(17)13(11)16(19)23)18-14(21)8-2-4-10(5-3-8)20(24)25/h2-7H,8,19H2,1H3;2-6,8H,7,19H2,1H3;2-7H,8,19H2,1H3;2-6H,7,20H2,1H3;2-6,8H,7,18H2,1H3;2-7H,17H2,1H3,(H,18,21). The van der Waals surface area contributed by atoms with E-state index in [4.69, 9.17) is 34.4 Å². The molecular weight excluding hydrogens is 2050 g/mol. The smallest absolute Gasteiger partial charge is 0.270 e. The van der Waals surface area contributed by atoms with E-state index in [1.165, 1.54) is 127 Å². The number of nitro benzene ring substituents is 2. The van der Waals surface area contributed by atoms with Gasteiger partial charge in [0, 0.05) is 180 Å². The van der Waals surface area contributed by atoms with Crippen LogP contribution in [0.25, 0.3) is 0 Å². The lowest BCUT2D eigenvalue weighted by molar-refractivity contribution is -0.385. The van der Waals surface area contributed by atoms with E-state index in [1.54, 1.807) is 97.1 Å². The van der Waals surface area contributed by atoms with Crippen molar-refractivity contribution in [1.82, 2.24) is 29.4 Å². The number of rotatable bonds is 19.